The molecule has 21 heavy (non-hydrogen) atoms. The van der Waals surface area contributed by atoms with Crippen LogP contribution in [0.25, 0.3) is 0 Å². The van der Waals surface area contributed by atoms with E-state index in [1.807, 2.05) is 54.6 Å². The van der Waals surface area contributed by atoms with Crippen LogP contribution in [-0.2, 0) is 6.61 Å². The van der Waals surface area contributed by atoms with E-state index in [1.54, 1.807) is 0 Å². The summed E-state index contributed by atoms with van der Waals surface area (Å²) in [5.41, 5.74) is 1.90. The zero-order valence-electron chi connectivity index (χ0n) is 11.9. The van der Waals surface area contributed by atoms with Crippen molar-refractivity contribution in [2.75, 3.05) is 19.7 Å². The molecule has 0 saturated carbocycles. The van der Waals surface area contributed by atoms with Crippen LogP contribution in [0, 0.1) is 0 Å². The summed E-state index contributed by atoms with van der Waals surface area (Å²) >= 11 is 0. The van der Waals surface area contributed by atoms with Gasteiger partial charge in [-0.15, -0.1) is 0 Å². The molecule has 1 unspecified atom stereocenters. The molecule has 3 N–H and O–H groups in total. The number of aliphatic hydroxyl groups is 2. The molecule has 0 aliphatic heterocycles. The van der Waals surface area contributed by atoms with Crippen LogP contribution in [0.15, 0.2) is 54.6 Å². The van der Waals surface area contributed by atoms with E-state index in [1.165, 1.54) is 0 Å². The normalized spacial score (nSPS) is 12.1. The number of hydrogen-bond acceptors (Lipinski definition) is 4. The van der Waals surface area contributed by atoms with E-state index < -0.39 is 6.10 Å². The fourth-order valence-electron chi connectivity index (χ4n) is 1.99. The van der Waals surface area contributed by atoms with Crippen LogP contribution in [0.5, 0.6) is 5.75 Å². The molecule has 0 bridgehead atoms. The third kappa shape index (κ3) is 5.19. The molecule has 0 aliphatic rings. The van der Waals surface area contributed by atoms with Gasteiger partial charge < -0.3 is 20.3 Å². The number of aliphatic hydroxyl groups excluding tert-OH is 2. The van der Waals surface area contributed by atoms with E-state index in [0.717, 1.165) is 16.9 Å². The molecule has 0 radical (unpaired) electrons. The van der Waals surface area contributed by atoms with Crippen molar-refractivity contribution in [3.63, 3.8) is 0 Å². The highest BCUT2D eigenvalue weighted by Gasteiger charge is 2.08. The van der Waals surface area contributed by atoms with Gasteiger partial charge in [0.2, 0.25) is 0 Å². The number of hydrogen-bond donors (Lipinski definition) is 3. The van der Waals surface area contributed by atoms with Crippen molar-refractivity contribution in [1.29, 1.82) is 0 Å². The minimum absolute atomic E-state index is 0.0624. The third-order valence-corrected chi connectivity index (χ3v) is 3.12. The Morgan fingerprint density at radius 3 is 2.62 bits per heavy atom. The summed E-state index contributed by atoms with van der Waals surface area (Å²) in [5, 5.41) is 21.7. The topological polar surface area (TPSA) is 61.7 Å². The molecule has 0 heterocycles. The van der Waals surface area contributed by atoms with Crippen LogP contribution in [0.3, 0.4) is 0 Å². The van der Waals surface area contributed by atoms with Gasteiger partial charge in [-0.25, -0.2) is 0 Å². The van der Waals surface area contributed by atoms with Crippen molar-refractivity contribution >= 4 is 0 Å². The van der Waals surface area contributed by atoms with E-state index in [0.29, 0.717) is 19.7 Å². The van der Waals surface area contributed by atoms with Crippen molar-refractivity contribution in [2.24, 2.45) is 0 Å². The largest absolute Gasteiger partial charge is 0.489 e. The molecule has 0 saturated heterocycles. The van der Waals surface area contributed by atoms with E-state index in [9.17, 15) is 5.11 Å². The molecular formula is C17H21NO3. The van der Waals surface area contributed by atoms with Gasteiger partial charge in [-0.05, 0) is 23.3 Å². The summed E-state index contributed by atoms with van der Waals surface area (Å²) in [5.74, 6) is 0.734. The van der Waals surface area contributed by atoms with Crippen molar-refractivity contribution in [3.8, 4) is 5.75 Å². The Hall–Kier alpha value is -1.88. The summed E-state index contributed by atoms with van der Waals surface area (Å²) in [6.07, 6.45) is -0.614. The summed E-state index contributed by atoms with van der Waals surface area (Å²) in [6.45, 7) is 1.44. The lowest BCUT2D eigenvalue weighted by atomic mass is 10.1. The van der Waals surface area contributed by atoms with Crippen molar-refractivity contribution in [2.45, 2.75) is 12.7 Å². The molecule has 2 aromatic carbocycles. The molecule has 0 fully saturated rings. The summed E-state index contributed by atoms with van der Waals surface area (Å²) < 4.78 is 5.74. The highest BCUT2D eigenvalue weighted by Crippen LogP contribution is 2.20. The first-order valence-electron chi connectivity index (χ1n) is 7.06. The molecular weight excluding hydrogens is 266 g/mol. The fraction of sp³-hybridized carbons (Fsp3) is 0.294. The SMILES string of the molecule is OCCNCC(O)c1cccc(OCc2ccccc2)c1. The van der Waals surface area contributed by atoms with Crippen molar-refractivity contribution < 1.29 is 14.9 Å². The second-order valence-corrected chi connectivity index (χ2v) is 4.79. The Bertz CT molecular complexity index is 531. The second-order valence-electron chi connectivity index (χ2n) is 4.79. The smallest absolute Gasteiger partial charge is 0.120 e. The van der Waals surface area contributed by atoms with Gasteiger partial charge in [0.1, 0.15) is 12.4 Å². The van der Waals surface area contributed by atoms with Gasteiger partial charge in [0.15, 0.2) is 0 Å². The van der Waals surface area contributed by atoms with Gasteiger partial charge in [0.25, 0.3) is 0 Å². The van der Waals surface area contributed by atoms with Gasteiger partial charge in [0.05, 0.1) is 12.7 Å². The van der Waals surface area contributed by atoms with E-state index in [4.69, 9.17) is 9.84 Å². The average molecular weight is 287 g/mol. The maximum Gasteiger partial charge on any atom is 0.120 e. The molecule has 4 nitrogen and oxygen atoms in total. The number of ether oxygens (including phenoxy) is 1. The second kappa shape index (κ2) is 8.42. The zero-order chi connectivity index (χ0) is 14.9. The first-order chi connectivity index (χ1) is 10.3. The lowest BCUT2D eigenvalue weighted by molar-refractivity contribution is 0.170. The molecule has 0 amide bonds. The molecule has 1 atom stereocenters. The minimum atomic E-state index is -0.614. The molecule has 2 rings (SSSR count). The predicted octanol–water partition coefficient (Wildman–Crippen LogP) is 1.88. The summed E-state index contributed by atoms with van der Waals surface area (Å²) in [7, 11) is 0. The van der Waals surface area contributed by atoms with Crippen LogP contribution in [0.1, 0.15) is 17.2 Å². The number of rotatable bonds is 8. The molecule has 0 aliphatic carbocycles. The van der Waals surface area contributed by atoms with Gasteiger partial charge in [-0.1, -0.05) is 42.5 Å². The molecule has 2 aromatic rings. The number of nitrogens with one attached hydrogen (secondary N) is 1. The Morgan fingerprint density at radius 1 is 1.05 bits per heavy atom. The Labute approximate surface area is 125 Å². The first kappa shape index (κ1) is 15.5. The van der Waals surface area contributed by atoms with Crippen LogP contribution in [0.2, 0.25) is 0 Å². The predicted molar refractivity (Wildman–Crippen MR) is 82.1 cm³/mol. The van der Waals surface area contributed by atoms with Crippen LogP contribution < -0.4 is 10.1 Å². The van der Waals surface area contributed by atoms with Crippen molar-refractivity contribution in [1.82, 2.24) is 5.32 Å². The molecule has 0 spiro atoms. The highest BCUT2D eigenvalue weighted by atomic mass is 16.5. The molecule has 4 heteroatoms. The Kier molecular flexibility index (Phi) is 6.22. The van der Waals surface area contributed by atoms with Crippen LogP contribution in [-0.4, -0.2) is 29.9 Å². The average Bonchev–Trinajstić information content (AvgIpc) is 2.54. The summed E-state index contributed by atoms with van der Waals surface area (Å²) in [4.78, 5) is 0. The lowest BCUT2D eigenvalue weighted by Gasteiger charge is -2.13. The van der Waals surface area contributed by atoms with Gasteiger partial charge in [-0.3, -0.25) is 0 Å². The van der Waals surface area contributed by atoms with Gasteiger partial charge in [-0.2, -0.15) is 0 Å². The maximum atomic E-state index is 10.1. The van der Waals surface area contributed by atoms with Gasteiger partial charge >= 0.3 is 0 Å². The van der Waals surface area contributed by atoms with E-state index in [-0.39, 0.29) is 6.61 Å². The van der Waals surface area contributed by atoms with Crippen LogP contribution >= 0.6 is 0 Å². The standard InChI is InChI=1S/C17H21NO3/c19-10-9-18-12-17(20)15-7-4-8-16(11-15)21-13-14-5-2-1-3-6-14/h1-8,11,17-20H,9-10,12-13H2. The number of benzene rings is 2. The maximum absolute atomic E-state index is 10.1. The monoisotopic (exact) mass is 287 g/mol. The lowest BCUT2D eigenvalue weighted by Crippen LogP contribution is -2.24. The minimum Gasteiger partial charge on any atom is -0.489 e. The van der Waals surface area contributed by atoms with Crippen LogP contribution in [0.4, 0.5) is 0 Å². The van der Waals surface area contributed by atoms with Gasteiger partial charge in [0, 0.05) is 13.1 Å². The summed E-state index contributed by atoms with van der Waals surface area (Å²) in [6, 6.07) is 17.4. The van der Waals surface area contributed by atoms with E-state index in [2.05, 4.69) is 5.32 Å². The zero-order valence-corrected chi connectivity index (χ0v) is 11.9. The Morgan fingerprint density at radius 2 is 1.86 bits per heavy atom. The Balaban J connectivity index is 1.91. The molecule has 112 valence electrons. The third-order valence-electron chi connectivity index (χ3n) is 3.12. The van der Waals surface area contributed by atoms with E-state index >= 15 is 0 Å². The fourth-order valence-corrected chi connectivity index (χ4v) is 1.99. The quantitative estimate of drug-likeness (QED) is 0.649. The molecule has 0 aromatic heterocycles. The highest BCUT2D eigenvalue weighted by molar-refractivity contribution is 5.30. The van der Waals surface area contributed by atoms with Crippen molar-refractivity contribution in [3.05, 3.63) is 65.7 Å². The first-order valence-corrected chi connectivity index (χ1v) is 7.06.